The fourth-order valence-corrected chi connectivity index (χ4v) is 3.99. The highest BCUT2D eigenvalue weighted by Gasteiger charge is 2.44. The monoisotopic (exact) mass is 342 g/mol. The zero-order chi connectivity index (χ0) is 17.9. The van der Waals surface area contributed by atoms with E-state index in [0.717, 1.165) is 44.6 Å². The van der Waals surface area contributed by atoms with Crippen molar-refractivity contribution in [3.8, 4) is 0 Å². The van der Waals surface area contributed by atoms with Crippen LogP contribution in [-0.2, 0) is 20.7 Å². The predicted molar refractivity (Wildman–Crippen MR) is 97.3 cm³/mol. The Kier molecular flexibility index (Phi) is 5.23. The molecule has 1 spiro atoms. The Balaban J connectivity index is 1.60. The highest BCUT2D eigenvalue weighted by molar-refractivity contribution is 5.98. The summed E-state index contributed by atoms with van der Waals surface area (Å²) in [5.74, 6) is -0.0600. The molecule has 0 bridgehead atoms. The number of nitrogens with zero attached hydrogens (tertiary/aromatic N) is 1. The van der Waals surface area contributed by atoms with Crippen molar-refractivity contribution in [2.45, 2.75) is 38.6 Å². The summed E-state index contributed by atoms with van der Waals surface area (Å²) in [6, 6.07) is 7.70. The van der Waals surface area contributed by atoms with Gasteiger partial charge in [0.2, 0.25) is 11.8 Å². The molecule has 1 aromatic carbocycles. The molecule has 2 fully saturated rings. The van der Waals surface area contributed by atoms with Crippen LogP contribution in [-0.4, -0.2) is 42.5 Å². The van der Waals surface area contributed by atoms with Crippen molar-refractivity contribution in [3.63, 3.8) is 0 Å². The van der Waals surface area contributed by atoms with Gasteiger partial charge in [-0.15, -0.1) is 0 Å². The molecular formula is C20H26N2O3. The molecule has 25 heavy (non-hydrogen) atoms. The fourth-order valence-electron chi connectivity index (χ4n) is 3.99. The second kappa shape index (κ2) is 7.40. The van der Waals surface area contributed by atoms with E-state index >= 15 is 0 Å². The maximum atomic E-state index is 12.8. The van der Waals surface area contributed by atoms with E-state index in [4.69, 9.17) is 4.74 Å². The van der Waals surface area contributed by atoms with Gasteiger partial charge in [0.1, 0.15) is 0 Å². The zero-order valence-corrected chi connectivity index (χ0v) is 14.8. The number of rotatable bonds is 4. The van der Waals surface area contributed by atoms with E-state index in [-0.39, 0.29) is 23.3 Å². The van der Waals surface area contributed by atoms with Crippen molar-refractivity contribution >= 4 is 17.5 Å². The van der Waals surface area contributed by atoms with Crippen LogP contribution in [0.15, 0.2) is 36.9 Å². The van der Waals surface area contributed by atoms with E-state index < -0.39 is 0 Å². The minimum atomic E-state index is -0.239. The Hall–Kier alpha value is -2.14. The first-order valence-electron chi connectivity index (χ1n) is 8.91. The third-order valence-electron chi connectivity index (χ3n) is 5.40. The molecule has 0 saturated carbocycles. The second-order valence-corrected chi connectivity index (χ2v) is 7.25. The number of nitrogens with one attached hydrogen (secondary N) is 1. The molecule has 5 nitrogen and oxygen atoms in total. The average Bonchev–Trinajstić information content (AvgIpc) is 2.93. The second-order valence-electron chi connectivity index (χ2n) is 7.25. The fraction of sp³-hybridized carbons (Fsp3) is 0.500. The number of hydrogen-bond donors (Lipinski definition) is 1. The van der Waals surface area contributed by atoms with Gasteiger partial charge in [-0.1, -0.05) is 18.7 Å². The number of benzene rings is 1. The van der Waals surface area contributed by atoms with Crippen molar-refractivity contribution in [2.75, 3.05) is 25.1 Å². The van der Waals surface area contributed by atoms with Crippen LogP contribution in [0.2, 0.25) is 0 Å². The first-order chi connectivity index (χ1) is 12.0. The van der Waals surface area contributed by atoms with Crippen LogP contribution >= 0.6 is 0 Å². The number of likely N-dealkylation sites (tertiary alicyclic amines) is 1. The Morgan fingerprint density at radius 1 is 1.32 bits per heavy atom. The summed E-state index contributed by atoms with van der Waals surface area (Å²) >= 11 is 0. The lowest BCUT2D eigenvalue weighted by atomic mass is 9.78. The average molecular weight is 342 g/mol. The summed E-state index contributed by atoms with van der Waals surface area (Å²) in [4.78, 5) is 26.1. The molecule has 2 aliphatic heterocycles. The molecular weight excluding hydrogens is 316 g/mol. The highest BCUT2D eigenvalue weighted by atomic mass is 16.5. The van der Waals surface area contributed by atoms with Gasteiger partial charge in [0.15, 0.2) is 0 Å². The lowest BCUT2D eigenvalue weighted by molar-refractivity contribution is -0.131. The van der Waals surface area contributed by atoms with Crippen molar-refractivity contribution in [3.05, 3.63) is 42.5 Å². The van der Waals surface area contributed by atoms with Gasteiger partial charge in [0.25, 0.3) is 0 Å². The molecule has 2 saturated heterocycles. The van der Waals surface area contributed by atoms with E-state index in [2.05, 4.69) is 18.8 Å². The van der Waals surface area contributed by atoms with Crippen LogP contribution in [0.4, 0.5) is 5.69 Å². The molecule has 1 N–H and O–H groups in total. The third kappa shape index (κ3) is 4.10. The van der Waals surface area contributed by atoms with E-state index in [1.54, 1.807) is 0 Å². The minimum Gasteiger partial charge on any atom is -0.381 e. The Morgan fingerprint density at radius 2 is 2.00 bits per heavy atom. The molecule has 134 valence electrons. The van der Waals surface area contributed by atoms with Gasteiger partial charge < -0.3 is 15.0 Å². The summed E-state index contributed by atoms with van der Waals surface area (Å²) in [6.45, 7) is 8.05. The van der Waals surface area contributed by atoms with Crippen LogP contribution in [0, 0.1) is 5.41 Å². The van der Waals surface area contributed by atoms with Gasteiger partial charge in [-0.2, -0.15) is 0 Å². The maximum Gasteiger partial charge on any atom is 0.247 e. The smallest absolute Gasteiger partial charge is 0.247 e. The number of carbonyl (C=O) groups is 2. The molecule has 3 rings (SSSR count). The number of ether oxygens (including phenoxy) is 1. The molecule has 2 amide bonds. The number of carbonyl (C=O) groups excluding carboxylic acids is 2. The Bertz CT molecular complexity index is 647. The molecule has 1 unspecified atom stereocenters. The third-order valence-corrected chi connectivity index (χ3v) is 5.40. The van der Waals surface area contributed by atoms with Crippen LogP contribution in [0.3, 0.4) is 0 Å². The van der Waals surface area contributed by atoms with Crippen LogP contribution < -0.4 is 5.32 Å². The predicted octanol–water partition coefficient (Wildman–Crippen LogP) is 2.77. The van der Waals surface area contributed by atoms with Crippen LogP contribution in [0.1, 0.15) is 31.7 Å². The van der Waals surface area contributed by atoms with Crippen molar-refractivity contribution in [1.82, 2.24) is 4.90 Å². The first-order valence-corrected chi connectivity index (χ1v) is 8.91. The normalized spacial score (nSPS) is 22.0. The molecule has 0 aromatic heterocycles. The molecule has 1 atom stereocenters. The molecule has 5 heteroatoms. The summed E-state index contributed by atoms with van der Waals surface area (Å²) < 4.78 is 5.49. The SMILES string of the molecule is C=CC(=O)Nc1ccc(CC(=O)N2CC3(CCOCC3)CC2C)cc1. The van der Waals surface area contributed by atoms with Crippen molar-refractivity contribution < 1.29 is 14.3 Å². The first kappa shape index (κ1) is 17.7. The van der Waals surface area contributed by atoms with Gasteiger partial charge in [-0.25, -0.2) is 0 Å². The summed E-state index contributed by atoms with van der Waals surface area (Å²) in [6.07, 6.45) is 4.82. The van der Waals surface area contributed by atoms with Crippen molar-refractivity contribution in [1.29, 1.82) is 0 Å². The lowest BCUT2D eigenvalue weighted by Crippen LogP contribution is -2.37. The van der Waals surface area contributed by atoms with E-state index in [1.165, 1.54) is 6.08 Å². The Labute approximate surface area is 149 Å². The van der Waals surface area contributed by atoms with Crippen molar-refractivity contribution in [2.24, 2.45) is 5.41 Å². The lowest BCUT2D eigenvalue weighted by Gasteiger charge is -2.33. The standard InChI is InChI=1S/C20H26N2O3/c1-3-18(23)21-17-6-4-16(5-7-17)12-19(24)22-14-20(13-15(22)2)8-10-25-11-9-20/h3-7,15H,1,8-14H2,2H3,(H,21,23). The maximum absolute atomic E-state index is 12.8. The van der Waals surface area contributed by atoms with Gasteiger partial charge >= 0.3 is 0 Å². The van der Waals surface area contributed by atoms with Gasteiger partial charge in [-0.05, 0) is 55.4 Å². The molecule has 1 aromatic rings. The van der Waals surface area contributed by atoms with Gasteiger partial charge in [0, 0.05) is 31.5 Å². The summed E-state index contributed by atoms with van der Waals surface area (Å²) in [5, 5.41) is 2.71. The summed E-state index contributed by atoms with van der Waals surface area (Å²) in [7, 11) is 0. The van der Waals surface area contributed by atoms with Crippen LogP contribution in [0.5, 0.6) is 0 Å². The quantitative estimate of drug-likeness (QED) is 0.856. The number of anilines is 1. The molecule has 2 aliphatic rings. The van der Waals surface area contributed by atoms with E-state index in [1.807, 2.05) is 29.2 Å². The summed E-state index contributed by atoms with van der Waals surface area (Å²) in [5.41, 5.74) is 1.92. The number of amides is 2. The van der Waals surface area contributed by atoms with Crippen LogP contribution in [0.25, 0.3) is 0 Å². The molecule has 0 aliphatic carbocycles. The zero-order valence-electron chi connectivity index (χ0n) is 14.8. The molecule has 0 radical (unpaired) electrons. The Morgan fingerprint density at radius 3 is 2.64 bits per heavy atom. The topological polar surface area (TPSA) is 58.6 Å². The largest absolute Gasteiger partial charge is 0.381 e. The number of hydrogen-bond acceptors (Lipinski definition) is 3. The van der Waals surface area contributed by atoms with Gasteiger partial charge in [-0.3, -0.25) is 9.59 Å². The highest BCUT2D eigenvalue weighted by Crippen LogP contribution is 2.42. The van der Waals surface area contributed by atoms with E-state index in [9.17, 15) is 9.59 Å². The van der Waals surface area contributed by atoms with E-state index in [0.29, 0.717) is 12.1 Å². The molecule has 2 heterocycles. The minimum absolute atomic E-state index is 0.179. The van der Waals surface area contributed by atoms with Gasteiger partial charge in [0.05, 0.1) is 6.42 Å².